The molecule has 1 aromatic rings. The zero-order valence-electron chi connectivity index (χ0n) is 13.5. The van der Waals surface area contributed by atoms with Crippen LogP contribution in [-0.2, 0) is 4.74 Å². The Hall–Kier alpha value is -1.66. The monoisotopic (exact) mass is 309 g/mol. The van der Waals surface area contributed by atoms with E-state index in [0.717, 1.165) is 31.6 Å². The molecule has 1 heterocycles. The zero-order valence-corrected chi connectivity index (χ0v) is 13.5. The van der Waals surface area contributed by atoms with Gasteiger partial charge in [0.15, 0.2) is 5.75 Å². The first-order chi connectivity index (χ1) is 10.5. The summed E-state index contributed by atoms with van der Waals surface area (Å²) in [4.78, 5) is 12.1. The van der Waals surface area contributed by atoms with Gasteiger partial charge in [0.25, 0.3) is 0 Å². The Bertz CT molecular complexity index is 511. The molecule has 1 N–H and O–H groups in total. The van der Waals surface area contributed by atoms with Crippen molar-refractivity contribution in [2.75, 3.05) is 26.2 Å². The lowest BCUT2D eigenvalue weighted by Crippen LogP contribution is -3.15. The third-order valence-electron chi connectivity index (χ3n) is 3.86. The summed E-state index contributed by atoms with van der Waals surface area (Å²) in [5.74, 6) is 0.365. The summed E-state index contributed by atoms with van der Waals surface area (Å²) in [5.41, 5.74) is 0.994. The van der Waals surface area contributed by atoms with Gasteiger partial charge in [-0.1, -0.05) is 6.07 Å². The number of quaternary nitrogens is 1. The van der Waals surface area contributed by atoms with Crippen molar-refractivity contribution in [3.05, 3.63) is 33.9 Å². The Morgan fingerprint density at radius 1 is 1.36 bits per heavy atom. The summed E-state index contributed by atoms with van der Waals surface area (Å²) in [7, 11) is 0. The molecular formula is C16H25N2O4+. The second kappa shape index (κ2) is 7.56. The number of nitrogens with one attached hydrogen (secondary N) is 1. The first-order valence-corrected chi connectivity index (χ1v) is 7.82. The molecule has 0 bridgehead atoms. The van der Waals surface area contributed by atoms with E-state index >= 15 is 0 Å². The molecule has 0 aromatic heterocycles. The van der Waals surface area contributed by atoms with Gasteiger partial charge in [0, 0.05) is 12.5 Å². The fourth-order valence-corrected chi connectivity index (χ4v) is 2.99. The Morgan fingerprint density at radius 3 is 2.68 bits per heavy atom. The van der Waals surface area contributed by atoms with Crippen LogP contribution >= 0.6 is 0 Å². The minimum atomic E-state index is -0.397. The van der Waals surface area contributed by atoms with E-state index in [1.807, 2.05) is 6.92 Å². The van der Waals surface area contributed by atoms with Crippen LogP contribution in [0, 0.1) is 17.0 Å². The highest BCUT2D eigenvalue weighted by molar-refractivity contribution is 5.48. The first kappa shape index (κ1) is 16.7. The number of benzene rings is 1. The molecule has 1 aliphatic rings. The molecule has 22 heavy (non-hydrogen) atoms. The van der Waals surface area contributed by atoms with Crippen molar-refractivity contribution in [3.8, 4) is 5.75 Å². The lowest BCUT2D eigenvalue weighted by atomic mass is 10.2. The number of nitro benzene ring substituents is 1. The zero-order chi connectivity index (χ0) is 16.1. The Kier molecular flexibility index (Phi) is 5.74. The topological polar surface area (TPSA) is 66.0 Å². The predicted octanol–water partition coefficient (Wildman–Crippen LogP) is 1.36. The van der Waals surface area contributed by atoms with E-state index in [0.29, 0.717) is 12.4 Å². The second-order valence-electron chi connectivity index (χ2n) is 6.10. The van der Waals surface area contributed by atoms with Gasteiger partial charge >= 0.3 is 5.69 Å². The highest BCUT2D eigenvalue weighted by atomic mass is 16.6. The second-order valence-corrected chi connectivity index (χ2v) is 6.10. The molecule has 0 unspecified atom stereocenters. The number of hydrogen-bond acceptors (Lipinski definition) is 4. The molecule has 2 rings (SSSR count). The standard InChI is InChI=1S/C16H24N2O4/c1-12-5-6-15(18(19)20)16(9-12)21-8-4-7-17-10-13(2)22-14(3)11-17/h5-6,9,13-14H,4,7-8,10-11H2,1-3H3/p+1/t13-,14-/m1/s1. The van der Waals surface area contributed by atoms with Gasteiger partial charge in [0.2, 0.25) is 0 Å². The van der Waals surface area contributed by atoms with E-state index in [4.69, 9.17) is 9.47 Å². The Balaban J connectivity index is 1.81. The van der Waals surface area contributed by atoms with Crippen LogP contribution in [0.3, 0.4) is 0 Å². The van der Waals surface area contributed by atoms with Crippen LogP contribution in [0.5, 0.6) is 5.75 Å². The van der Waals surface area contributed by atoms with Gasteiger partial charge in [-0.05, 0) is 32.4 Å². The summed E-state index contributed by atoms with van der Waals surface area (Å²) in [6.07, 6.45) is 1.45. The highest BCUT2D eigenvalue weighted by Gasteiger charge is 2.25. The molecule has 122 valence electrons. The number of rotatable bonds is 6. The summed E-state index contributed by atoms with van der Waals surface area (Å²) in [6, 6.07) is 4.96. The van der Waals surface area contributed by atoms with E-state index in [-0.39, 0.29) is 17.9 Å². The van der Waals surface area contributed by atoms with Crippen LogP contribution in [0.1, 0.15) is 25.8 Å². The van der Waals surface area contributed by atoms with Crippen LogP contribution in [0.4, 0.5) is 5.69 Å². The largest absolute Gasteiger partial charge is 0.487 e. The Labute approximate surface area is 131 Å². The van der Waals surface area contributed by atoms with E-state index in [9.17, 15) is 10.1 Å². The number of hydrogen-bond donors (Lipinski definition) is 1. The molecule has 0 saturated carbocycles. The van der Waals surface area contributed by atoms with Crippen molar-refractivity contribution < 1.29 is 19.3 Å². The maximum absolute atomic E-state index is 11.0. The number of morpholine rings is 1. The number of aryl methyl sites for hydroxylation is 1. The van der Waals surface area contributed by atoms with Crippen molar-refractivity contribution in [2.24, 2.45) is 0 Å². The van der Waals surface area contributed by atoms with Gasteiger partial charge in [-0.3, -0.25) is 10.1 Å². The minimum absolute atomic E-state index is 0.0339. The smallest absolute Gasteiger partial charge is 0.310 e. The molecule has 1 aliphatic heterocycles. The summed E-state index contributed by atoms with van der Waals surface area (Å²) < 4.78 is 11.4. The van der Waals surface area contributed by atoms with Crippen LogP contribution in [0.25, 0.3) is 0 Å². The summed E-state index contributed by atoms with van der Waals surface area (Å²) in [6.45, 7) is 9.61. The quantitative estimate of drug-likeness (QED) is 0.489. The molecule has 1 fully saturated rings. The lowest BCUT2D eigenvalue weighted by Gasteiger charge is -2.32. The third kappa shape index (κ3) is 4.68. The molecule has 6 nitrogen and oxygen atoms in total. The molecule has 2 atom stereocenters. The van der Waals surface area contributed by atoms with E-state index in [1.165, 1.54) is 11.0 Å². The number of ether oxygens (including phenoxy) is 2. The number of nitro groups is 1. The van der Waals surface area contributed by atoms with Crippen molar-refractivity contribution in [2.45, 2.75) is 39.4 Å². The first-order valence-electron chi connectivity index (χ1n) is 7.82. The minimum Gasteiger partial charge on any atom is -0.487 e. The van der Waals surface area contributed by atoms with Gasteiger partial charge in [-0.2, -0.15) is 0 Å². The molecule has 0 spiro atoms. The van der Waals surface area contributed by atoms with Gasteiger partial charge < -0.3 is 14.4 Å². The maximum atomic E-state index is 11.0. The average Bonchev–Trinajstić information content (AvgIpc) is 2.42. The van der Waals surface area contributed by atoms with Crippen LogP contribution in [0.15, 0.2) is 18.2 Å². The van der Waals surface area contributed by atoms with E-state index in [1.54, 1.807) is 12.1 Å². The highest BCUT2D eigenvalue weighted by Crippen LogP contribution is 2.27. The average molecular weight is 309 g/mol. The van der Waals surface area contributed by atoms with Gasteiger partial charge in [0.05, 0.1) is 18.1 Å². The van der Waals surface area contributed by atoms with Gasteiger partial charge in [0.1, 0.15) is 25.3 Å². The molecule has 6 heteroatoms. The van der Waals surface area contributed by atoms with Crippen LogP contribution in [-0.4, -0.2) is 43.4 Å². The lowest BCUT2D eigenvalue weighted by molar-refractivity contribution is -0.915. The SMILES string of the molecule is Cc1ccc([N+](=O)[O-])c(OCCC[NH+]2C[C@@H](C)O[C@H](C)C2)c1. The maximum Gasteiger partial charge on any atom is 0.310 e. The molecule has 0 radical (unpaired) electrons. The van der Waals surface area contributed by atoms with Crippen molar-refractivity contribution >= 4 is 5.69 Å². The van der Waals surface area contributed by atoms with Gasteiger partial charge in [-0.25, -0.2) is 0 Å². The van der Waals surface area contributed by atoms with E-state index < -0.39 is 4.92 Å². The van der Waals surface area contributed by atoms with Crippen molar-refractivity contribution in [1.82, 2.24) is 0 Å². The number of nitrogens with zero attached hydrogens (tertiary/aromatic N) is 1. The molecule has 1 saturated heterocycles. The third-order valence-corrected chi connectivity index (χ3v) is 3.86. The molecule has 0 amide bonds. The van der Waals surface area contributed by atoms with E-state index in [2.05, 4.69) is 13.8 Å². The summed E-state index contributed by atoms with van der Waals surface area (Å²) in [5, 5.41) is 11.0. The normalized spacial score (nSPS) is 25.0. The predicted molar refractivity (Wildman–Crippen MR) is 83.5 cm³/mol. The molecule has 1 aromatic carbocycles. The fraction of sp³-hybridized carbons (Fsp3) is 0.625. The fourth-order valence-electron chi connectivity index (χ4n) is 2.99. The van der Waals surface area contributed by atoms with Crippen molar-refractivity contribution in [1.29, 1.82) is 0 Å². The Morgan fingerprint density at radius 2 is 2.05 bits per heavy atom. The van der Waals surface area contributed by atoms with Crippen molar-refractivity contribution in [3.63, 3.8) is 0 Å². The van der Waals surface area contributed by atoms with Crippen LogP contribution in [0.2, 0.25) is 0 Å². The molecular weight excluding hydrogens is 284 g/mol. The van der Waals surface area contributed by atoms with Crippen LogP contribution < -0.4 is 9.64 Å². The molecule has 0 aliphatic carbocycles. The summed E-state index contributed by atoms with van der Waals surface area (Å²) >= 11 is 0. The van der Waals surface area contributed by atoms with Gasteiger partial charge in [-0.15, -0.1) is 0 Å².